The summed E-state index contributed by atoms with van der Waals surface area (Å²) in [6.07, 6.45) is -0.119. The minimum atomic E-state index is -1.12. The van der Waals surface area contributed by atoms with Gasteiger partial charge in [0.2, 0.25) is 5.91 Å². The fourth-order valence-electron chi connectivity index (χ4n) is 1.63. The van der Waals surface area contributed by atoms with Gasteiger partial charge in [-0.05, 0) is 38.0 Å². The van der Waals surface area contributed by atoms with E-state index in [0.29, 0.717) is 29.0 Å². The third-order valence-corrected chi connectivity index (χ3v) is 3.26. The average molecular weight is 328 g/mol. The molecule has 0 fully saturated rings. The molecule has 6 heteroatoms. The largest absolute Gasteiger partial charge is 0.492 e. The summed E-state index contributed by atoms with van der Waals surface area (Å²) < 4.78 is 5.55. The van der Waals surface area contributed by atoms with Crippen molar-refractivity contribution >= 4 is 29.2 Å². The summed E-state index contributed by atoms with van der Waals surface area (Å²) in [4.78, 5) is 22.9. The molecule has 0 heterocycles. The maximum atomic E-state index is 11.9. The molecule has 5 nitrogen and oxygen atoms in total. The summed E-state index contributed by atoms with van der Waals surface area (Å²) in [5, 5.41) is 12.1. The molecule has 0 spiro atoms. The van der Waals surface area contributed by atoms with Crippen LogP contribution in [0.1, 0.15) is 34.1 Å². The van der Waals surface area contributed by atoms with Crippen LogP contribution in [0.2, 0.25) is 5.02 Å². The first-order chi connectivity index (χ1) is 10.1. The number of hydrogen-bond donors (Lipinski definition) is 2. The number of ether oxygens (including phenoxy) is 1. The van der Waals surface area contributed by atoms with Crippen molar-refractivity contribution in [2.75, 3.05) is 11.9 Å². The lowest BCUT2D eigenvalue weighted by Gasteiger charge is -2.18. The van der Waals surface area contributed by atoms with Crippen LogP contribution in [-0.4, -0.2) is 23.6 Å². The molecule has 0 unspecified atom stereocenters. The molecular formula is C16H22ClNO4. The molecule has 1 aromatic rings. The molecule has 122 valence electrons. The van der Waals surface area contributed by atoms with Gasteiger partial charge in [0, 0.05) is 12.1 Å². The quantitative estimate of drug-likeness (QED) is 0.798. The number of hydrogen-bond acceptors (Lipinski definition) is 3. The van der Waals surface area contributed by atoms with Crippen LogP contribution in [0.3, 0.4) is 0 Å². The highest BCUT2D eigenvalue weighted by atomic mass is 35.5. The van der Waals surface area contributed by atoms with E-state index in [-0.39, 0.29) is 12.3 Å². The maximum Gasteiger partial charge on any atom is 0.309 e. The highest BCUT2D eigenvalue weighted by Crippen LogP contribution is 2.29. The van der Waals surface area contributed by atoms with E-state index in [1.807, 2.05) is 13.8 Å². The SMILES string of the molecule is CC(C)COc1ccc(NC(=O)CC(C)(C)C(=O)O)cc1Cl. The van der Waals surface area contributed by atoms with Gasteiger partial charge in [-0.25, -0.2) is 0 Å². The lowest BCUT2D eigenvalue weighted by atomic mass is 9.89. The molecule has 0 radical (unpaired) electrons. The van der Waals surface area contributed by atoms with Crippen LogP contribution in [0.4, 0.5) is 5.69 Å². The van der Waals surface area contributed by atoms with Crippen molar-refractivity contribution in [1.29, 1.82) is 0 Å². The number of rotatable bonds is 7. The molecule has 2 N–H and O–H groups in total. The van der Waals surface area contributed by atoms with Gasteiger partial charge in [0.1, 0.15) is 5.75 Å². The zero-order valence-corrected chi connectivity index (χ0v) is 14.0. The number of amides is 1. The van der Waals surface area contributed by atoms with Crippen LogP contribution in [0, 0.1) is 11.3 Å². The van der Waals surface area contributed by atoms with E-state index in [2.05, 4.69) is 5.32 Å². The lowest BCUT2D eigenvalue weighted by molar-refractivity contribution is -0.148. The van der Waals surface area contributed by atoms with E-state index in [4.69, 9.17) is 21.4 Å². The Morgan fingerprint density at radius 3 is 2.50 bits per heavy atom. The second kappa shape index (κ2) is 7.49. The second-order valence-electron chi connectivity index (χ2n) is 6.26. The highest BCUT2D eigenvalue weighted by molar-refractivity contribution is 6.32. The number of nitrogens with one attached hydrogen (secondary N) is 1. The summed E-state index contributed by atoms with van der Waals surface area (Å²) >= 11 is 6.11. The van der Waals surface area contributed by atoms with E-state index in [9.17, 15) is 9.59 Å². The zero-order valence-electron chi connectivity index (χ0n) is 13.3. The Morgan fingerprint density at radius 2 is 2.00 bits per heavy atom. The van der Waals surface area contributed by atoms with Crippen molar-refractivity contribution < 1.29 is 19.4 Å². The summed E-state index contributed by atoms with van der Waals surface area (Å²) in [7, 11) is 0. The molecule has 0 aromatic heterocycles. The third kappa shape index (κ3) is 5.56. The first kappa shape index (κ1) is 18.3. The van der Waals surface area contributed by atoms with Gasteiger partial charge < -0.3 is 15.2 Å². The minimum absolute atomic E-state index is 0.119. The molecular weight excluding hydrogens is 306 g/mol. The summed E-state index contributed by atoms with van der Waals surface area (Å²) in [5.74, 6) is -0.453. The Kier molecular flexibility index (Phi) is 6.23. The number of carboxylic acids is 1. The smallest absolute Gasteiger partial charge is 0.309 e. The van der Waals surface area contributed by atoms with Gasteiger partial charge in [0.25, 0.3) is 0 Å². The van der Waals surface area contributed by atoms with Crippen molar-refractivity contribution in [3.05, 3.63) is 23.2 Å². The van der Waals surface area contributed by atoms with E-state index in [1.165, 1.54) is 13.8 Å². The van der Waals surface area contributed by atoms with Gasteiger partial charge in [-0.2, -0.15) is 0 Å². The minimum Gasteiger partial charge on any atom is -0.492 e. The van der Waals surface area contributed by atoms with Crippen molar-refractivity contribution in [3.8, 4) is 5.75 Å². The first-order valence-corrected chi connectivity index (χ1v) is 7.45. The average Bonchev–Trinajstić information content (AvgIpc) is 2.36. The van der Waals surface area contributed by atoms with Crippen LogP contribution >= 0.6 is 11.6 Å². The summed E-state index contributed by atoms with van der Waals surface area (Å²) in [6.45, 7) is 7.63. The fraction of sp³-hybridized carbons (Fsp3) is 0.500. The molecule has 0 atom stereocenters. The van der Waals surface area contributed by atoms with Crippen LogP contribution in [0.25, 0.3) is 0 Å². The number of halogens is 1. The fourth-order valence-corrected chi connectivity index (χ4v) is 1.87. The Morgan fingerprint density at radius 1 is 1.36 bits per heavy atom. The highest BCUT2D eigenvalue weighted by Gasteiger charge is 2.30. The molecule has 22 heavy (non-hydrogen) atoms. The third-order valence-electron chi connectivity index (χ3n) is 2.97. The van der Waals surface area contributed by atoms with Crippen LogP contribution < -0.4 is 10.1 Å². The molecule has 1 aromatic carbocycles. The lowest BCUT2D eigenvalue weighted by Crippen LogP contribution is -2.29. The summed E-state index contributed by atoms with van der Waals surface area (Å²) in [6, 6.07) is 4.94. The number of carbonyl (C=O) groups is 2. The first-order valence-electron chi connectivity index (χ1n) is 7.07. The Hall–Kier alpha value is -1.75. The number of carboxylic acid groups (broad SMARTS) is 1. The normalized spacial score (nSPS) is 11.4. The van der Waals surface area contributed by atoms with E-state index >= 15 is 0 Å². The van der Waals surface area contributed by atoms with Gasteiger partial charge in [0.15, 0.2) is 0 Å². The summed E-state index contributed by atoms with van der Waals surface area (Å²) in [5.41, 5.74) is -0.609. The van der Waals surface area contributed by atoms with E-state index < -0.39 is 11.4 Å². The zero-order chi connectivity index (χ0) is 16.9. The predicted octanol–water partition coefficient (Wildman–Crippen LogP) is 3.81. The maximum absolute atomic E-state index is 11.9. The van der Waals surface area contributed by atoms with Gasteiger partial charge in [0.05, 0.1) is 17.0 Å². The van der Waals surface area contributed by atoms with Gasteiger partial charge >= 0.3 is 5.97 Å². The van der Waals surface area contributed by atoms with Crippen LogP contribution in [-0.2, 0) is 9.59 Å². The molecule has 0 aliphatic carbocycles. The molecule has 0 aliphatic rings. The standard InChI is InChI=1S/C16H22ClNO4/c1-10(2)9-22-13-6-5-11(7-12(13)17)18-14(19)8-16(3,4)15(20)21/h5-7,10H,8-9H2,1-4H3,(H,18,19)(H,20,21). The molecule has 0 bridgehead atoms. The molecule has 0 saturated carbocycles. The Bertz CT molecular complexity index is 555. The monoisotopic (exact) mass is 327 g/mol. The van der Waals surface area contributed by atoms with Crippen molar-refractivity contribution in [2.24, 2.45) is 11.3 Å². The van der Waals surface area contributed by atoms with Gasteiger partial charge in [-0.3, -0.25) is 9.59 Å². The van der Waals surface area contributed by atoms with Crippen LogP contribution in [0.5, 0.6) is 5.75 Å². The number of anilines is 1. The van der Waals surface area contributed by atoms with E-state index in [0.717, 1.165) is 0 Å². The molecule has 0 saturated heterocycles. The van der Waals surface area contributed by atoms with Crippen LogP contribution in [0.15, 0.2) is 18.2 Å². The predicted molar refractivity (Wildman–Crippen MR) is 86.4 cm³/mol. The Labute approximate surface area is 135 Å². The Balaban J connectivity index is 2.69. The molecule has 1 rings (SSSR count). The number of aliphatic carboxylic acids is 1. The number of carbonyl (C=O) groups excluding carboxylic acids is 1. The van der Waals surface area contributed by atoms with Crippen molar-refractivity contribution in [2.45, 2.75) is 34.1 Å². The van der Waals surface area contributed by atoms with Crippen molar-refractivity contribution in [3.63, 3.8) is 0 Å². The van der Waals surface area contributed by atoms with Gasteiger partial charge in [-0.1, -0.05) is 25.4 Å². The van der Waals surface area contributed by atoms with Gasteiger partial charge in [-0.15, -0.1) is 0 Å². The molecule has 1 amide bonds. The second-order valence-corrected chi connectivity index (χ2v) is 6.67. The van der Waals surface area contributed by atoms with Crippen molar-refractivity contribution in [1.82, 2.24) is 0 Å². The topological polar surface area (TPSA) is 75.6 Å². The van der Waals surface area contributed by atoms with E-state index in [1.54, 1.807) is 18.2 Å². The molecule has 0 aliphatic heterocycles. The number of benzene rings is 1.